The second-order valence-electron chi connectivity index (χ2n) is 10.5. The van der Waals surface area contributed by atoms with E-state index in [-0.39, 0.29) is 17.5 Å². The van der Waals surface area contributed by atoms with E-state index in [1.54, 1.807) is 32.9 Å². The average Bonchev–Trinajstić information content (AvgIpc) is 3.57. The molecule has 34 heavy (non-hydrogen) atoms. The van der Waals surface area contributed by atoms with Crippen molar-refractivity contribution in [3.8, 4) is 0 Å². The van der Waals surface area contributed by atoms with E-state index in [1.165, 1.54) is 0 Å². The lowest BCUT2D eigenvalue weighted by Gasteiger charge is -2.38. The van der Waals surface area contributed by atoms with Crippen molar-refractivity contribution in [2.75, 3.05) is 26.2 Å². The van der Waals surface area contributed by atoms with Crippen LogP contribution in [0.25, 0.3) is 0 Å². The first-order chi connectivity index (χ1) is 16.0. The van der Waals surface area contributed by atoms with E-state index in [9.17, 15) is 4.79 Å². The van der Waals surface area contributed by atoms with Crippen LogP contribution in [-0.4, -0.2) is 47.5 Å². The normalized spacial score (nSPS) is 18.7. The van der Waals surface area contributed by atoms with Crippen molar-refractivity contribution in [2.45, 2.75) is 64.6 Å². The van der Waals surface area contributed by atoms with Gasteiger partial charge in [-0.1, -0.05) is 29.3 Å². The summed E-state index contributed by atoms with van der Waals surface area (Å²) < 4.78 is 20.9. The molecular weight excluding hydrogens is 474 g/mol. The number of esters is 1. The van der Waals surface area contributed by atoms with Crippen molar-refractivity contribution in [1.29, 1.82) is 0 Å². The van der Waals surface area contributed by atoms with Gasteiger partial charge in [-0.15, -0.1) is 0 Å². The molecule has 0 N–H and O–H groups in total. The highest BCUT2D eigenvalue weighted by Gasteiger charge is 2.33. The van der Waals surface area contributed by atoms with Crippen LogP contribution >= 0.6 is 23.2 Å². The van der Waals surface area contributed by atoms with Gasteiger partial charge >= 0.3 is 5.97 Å². The number of carbonyl (C=O) groups is 1. The fraction of sp³-hybridized carbons (Fsp3) is 0.519. The third-order valence-electron chi connectivity index (χ3n) is 6.59. The van der Waals surface area contributed by atoms with Gasteiger partial charge in [0.05, 0.1) is 5.56 Å². The highest BCUT2D eigenvalue weighted by molar-refractivity contribution is 6.34. The van der Waals surface area contributed by atoms with E-state index in [0.717, 1.165) is 50.1 Å². The number of piperazine rings is 1. The summed E-state index contributed by atoms with van der Waals surface area (Å²) in [5.74, 6) is -0.798. The maximum atomic E-state index is 15.5. The Hall–Kier alpha value is -1.66. The Morgan fingerprint density at radius 3 is 2.26 bits per heavy atom. The molecule has 1 aliphatic heterocycles. The quantitative estimate of drug-likeness (QED) is 0.401. The number of hydrogen-bond donors (Lipinski definition) is 0. The van der Waals surface area contributed by atoms with Crippen molar-refractivity contribution in [2.24, 2.45) is 0 Å². The van der Waals surface area contributed by atoms with Crippen molar-refractivity contribution >= 4 is 29.2 Å². The van der Waals surface area contributed by atoms with Crippen LogP contribution < -0.4 is 0 Å². The molecule has 2 fully saturated rings. The Morgan fingerprint density at radius 1 is 1.09 bits per heavy atom. The second-order valence-corrected chi connectivity index (χ2v) is 11.3. The number of carbonyl (C=O) groups excluding carboxylic acids is 1. The Bertz CT molecular complexity index is 1040. The van der Waals surface area contributed by atoms with Crippen molar-refractivity contribution in [1.82, 2.24) is 9.80 Å². The monoisotopic (exact) mass is 506 g/mol. The zero-order chi connectivity index (χ0) is 24.6. The predicted octanol–water partition coefficient (Wildman–Crippen LogP) is 6.84. The van der Waals surface area contributed by atoms with Gasteiger partial charge in [0.25, 0.3) is 0 Å². The molecule has 0 amide bonds. The summed E-state index contributed by atoms with van der Waals surface area (Å²) in [6.45, 7) is 11.8. The van der Waals surface area contributed by atoms with Crippen LogP contribution in [-0.2, 0) is 11.3 Å². The maximum absolute atomic E-state index is 15.5. The smallest absolute Gasteiger partial charge is 0.341 e. The zero-order valence-electron chi connectivity index (χ0n) is 20.3. The first kappa shape index (κ1) is 25.4. The molecule has 4 nitrogen and oxygen atoms in total. The minimum absolute atomic E-state index is 0.0411. The summed E-state index contributed by atoms with van der Waals surface area (Å²) in [5.41, 5.74) is 2.18. The molecule has 0 radical (unpaired) electrons. The van der Waals surface area contributed by atoms with Gasteiger partial charge in [-0.05, 0) is 87.4 Å². The van der Waals surface area contributed by atoms with Gasteiger partial charge in [0.15, 0.2) is 0 Å². The molecule has 7 heteroatoms. The molecule has 1 saturated heterocycles. The lowest BCUT2D eigenvalue weighted by molar-refractivity contribution is 0.00644. The topological polar surface area (TPSA) is 32.8 Å². The molecular formula is C27H33Cl2FN2O2. The first-order valence-corrected chi connectivity index (χ1v) is 12.7. The standard InChI is InChI=1S/C27H33Cl2FN2O2/c1-17(20-13-21(28)15-22(29)14-20)32-11-9-31(10-12-32)16-19-7-8-23(26(33)34-27(2,3)4)25(30)24(19)18-5-6-18/h7-8,13-15,17-18H,5-6,9-12,16H2,1-4H3. The van der Waals surface area contributed by atoms with Gasteiger partial charge in [-0.25, -0.2) is 9.18 Å². The summed E-state index contributed by atoms with van der Waals surface area (Å²) in [4.78, 5) is 17.3. The summed E-state index contributed by atoms with van der Waals surface area (Å²) >= 11 is 12.4. The van der Waals surface area contributed by atoms with Crippen molar-refractivity contribution in [3.05, 3.63) is 68.4 Å². The van der Waals surface area contributed by atoms with Crippen LogP contribution in [0, 0.1) is 5.82 Å². The van der Waals surface area contributed by atoms with Crippen molar-refractivity contribution < 1.29 is 13.9 Å². The fourth-order valence-electron chi connectivity index (χ4n) is 4.65. The van der Waals surface area contributed by atoms with Gasteiger partial charge in [-0.3, -0.25) is 9.80 Å². The van der Waals surface area contributed by atoms with Gasteiger partial charge in [0, 0.05) is 48.8 Å². The Balaban J connectivity index is 1.43. The predicted molar refractivity (Wildman–Crippen MR) is 135 cm³/mol. The van der Waals surface area contributed by atoms with Crippen LogP contribution in [0.2, 0.25) is 10.0 Å². The molecule has 2 aliphatic rings. The lowest BCUT2D eigenvalue weighted by atomic mass is 9.98. The lowest BCUT2D eigenvalue weighted by Crippen LogP contribution is -2.46. The molecule has 0 aromatic heterocycles. The highest BCUT2D eigenvalue weighted by Crippen LogP contribution is 2.44. The largest absolute Gasteiger partial charge is 0.456 e. The molecule has 4 rings (SSSR count). The minimum Gasteiger partial charge on any atom is -0.456 e. The maximum Gasteiger partial charge on any atom is 0.341 e. The molecule has 184 valence electrons. The molecule has 1 aliphatic carbocycles. The Kier molecular flexibility index (Phi) is 7.58. The van der Waals surface area contributed by atoms with E-state index in [0.29, 0.717) is 22.2 Å². The first-order valence-electron chi connectivity index (χ1n) is 12.0. The van der Waals surface area contributed by atoms with E-state index in [1.807, 2.05) is 18.2 Å². The molecule has 0 bridgehead atoms. The number of halogens is 3. The second kappa shape index (κ2) is 10.1. The summed E-state index contributed by atoms with van der Waals surface area (Å²) in [6.07, 6.45) is 1.93. The molecule has 1 atom stereocenters. The van der Waals surface area contributed by atoms with E-state index in [4.69, 9.17) is 27.9 Å². The SMILES string of the molecule is CC(c1cc(Cl)cc(Cl)c1)N1CCN(Cc2ccc(C(=O)OC(C)(C)C)c(F)c2C2CC2)CC1. The summed E-state index contributed by atoms with van der Waals surface area (Å²) in [5, 5.41) is 1.30. The van der Waals surface area contributed by atoms with Gasteiger partial charge in [0.2, 0.25) is 0 Å². The molecule has 2 aromatic carbocycles. The molecule has 1 heterocycles. The summed E-state index contributed by atoms with van der Waals surface area (Å²) in [7, 11) is 0. The molecule has 1 unspecified atom stereocenters. The Labute approximate surface area is 212 Å². The number of benzene rings is 2. The third kappa shape index (κ3) is 6.12. The van der Waals surface area contributed by atoms with Crippen LogP contribution in [0.1, 0.15) is 79.5 Å². The van der Waals surface area contributed by atoms with Gasteiger partial charge in [-0.2, -0.15) is 0 Å². The number of ether oxygens (including phenoxy) is 1. The van der Waals surface area contributed by atoms with Gasteiger partial charge in [0.1, 0.15) is 11.4 Å². The zero-order valence-corrected chi connectivity index (χ0v) is 21.8. The van der Waals surface area contributed by atoms with Crippen LogP contribution in [0.15, 0.2) is 30.3 Å². The highest BCUT2D eigenvalue weighted by atomic mass is 35.5. The summed E-state index contributed by atoms with van der Waals surface area (Å²) in [6, 6.07) is 9.42. The minimum atomic E-state index is -0.658. The van der Waals surface area contributed by atoms with E-state index >= 15 is 4.39 Å². The van der Waals surface area contributed by atoms with Crippen LogP contribution in [0.5, 0.6) is 0 Å². The number of hydrogen-bond acceptors (Lipinski definition) is 4. The molecule has 2 aromatic rings. The molecule has 1 saturated carbocycles. The van der Waals surface area contributed by atoms with Gasteiger partial charge < -0.3 is 4.74 Å². The van der Waals surface area contributed by atoms with E-state index < -0.39 is 17.4 Å². The third-order valence-corrected chi connectivity index (χ3v) is 7.03. The van der Waals surface area contributed by atoms with Crippen LogP contribution in [0.4, 0.5) is 4.39 Å². The van der Waals surface area contributed by atoms with Crippen molar-refractivity contribution in [3.63, 3.8) is 0 Å². The average molecular weight is 507 g/mol. The van der Waals surface area contributed by atoms with E-state index in [2.05, 4.69) is 16.7 Å². The number of nitrogens with zero attached hydrogens (tertiary/aromatic N) is 2. The van der Waals surface area contributed by atoms with Crippen LogP contribution in [0.3, 0.4) is 0 Å². The number of rotatable bonds is 6. The fourth-order valence-corrected chi connectivity index (χ4v) is 5.19. The molecule has 0 spiro atoms. The Morgan fingerprint density at radius 2 is 1.71 bits per heavy atom.